The predicted molar refractivity (Wildman–Crippen MR) is 72.9 cm³/mol. The fourth-order valence-corrected chi connectivity index (χ4v) is 2.79. The van der Waals surface area contributed by atoms with Crippen molar-refractivity contribution >= 4 is 0 Å². The molecule has 0 bridgehead atoms. The Bertz CT molecular complexity index is 350. The van der Waals surface area contributed by atoms with Crippen molar-refractivity contribution < 1.29 is 4.39 Å². The Morgan fingerprint density at radius 2 is 2.06 bits per heavy atom. The van der Waals surface area contributed by atoms with Gasteiger partial charge in [0.05, 0.1) is 0 Å². The van der Waals surface area contributed by atoms with E-state index in [-0.39, 0.29) is 5.82 Å². The van der Waals surface area contributed by atoms with Crippen LogP contribution in [0.5, 0.6) is 0 Å². The second-order valence-electron chi connectivity index (χ2n) is 5.28. The van der Waals surface area contributed by atoms with Crippen LogP contribution in [0.1, 0.15) is 24.8 Å². The molecule has 1 fully saturated rings. The fraction of sp³-hybridized carbons (Fsp3) is 0.600. The van der Waals surface area contributed by atoms with Gasteiger partial charge in [-0.3, -0.25) is 0 Å². The van der Waals surface area contributed by atoms with Gasteiger partial charge in [-0.1, -0.05) is 12.1 Å². The number of halogens is 1. The zero-order chi connectivity index (χ0) is 12.8. The summed E-state index contributed by atoms with van der Waals surface area (Å²) < 4.78 is 12.8. The summed E-state index contributed by atoms with van der Waals surface area (Å²) in [6.07, 6.45) is 4.72. The number of benzene rings is 1. The highest BCUT2D eigenvalue weighted by Crippen LogP contribution is 2.21. The largest absolute Gasteiger partial charge is 0.330 e. The quantitative estimate of drug-likeness (QED) is 0.869. The lowest BCUT2D eigenvalue weighted by Crippen LogP contribution is -2.37. The first-order valence-electron chi connectivity index (χ1n) is 6.95. The normalized spacial score (nSPS) is 21.1. The van der Waals surface area contributed by atoms with Crippen LogP contribution in [0.25, 0.3) is 0 Å². The molecule has 0 aliphatic carbocycles. The summed E-state index contributed by atoms with van der Waals surface area (Å²) >= 11 is 0. The molecule has 1 aliphatic rings. The van der Waals surface area contributed by atoms with Crippen LogP contribution in [-0.2, 0) is 6.42 Å². The van der Waals surface area contributed by atoms with E-state index in [2.05, 4.69) is 4.90 Å². The minimum Gasteiger partial charge on any atom is -0.330 e. The SMILES string of the molecule is NCCCN1CCC[C@@H](Cc2ccc(F)cc2)C1. The van der Waals surface area contributed by atoms with Crippen molar-refractivity contribution in [1.29, 1.82) is 0 Å². The molecule has 2 nitrogen and oxygen atoms in total. The highest BCUT2D eigenvalue weighted by Gasteiger charge is 2.19. The first-order valence-corrected chi connectivity index (χ1v) is 6.95. The lowest BCUT2D eigenvalue weighted by atomic mass is 9.91. The van der Waals surface area contributed by atoms with Crippen LogP contribution < -0.4 is 5.73 Å². The molecular formula is C15H23FN2. The molecule has 3 heteroatoms. The minimum atomic E-state index is -0.146. The van der Waals surface area contributed by atoms with Gasteiger partial charge in [-0.25, -0.2) is 4.39 Å². The monoisotopic (exact) mass is 250 g/mol. The van der Waals surface area contributed by atoms with Gasteiger partial charge in [0, 0.05) is 6.54 Å². The summed E-state index contributed by atoms with van der Waals surface area (Å²) in [7, 11) is 0. The zero-order valence-electron chi connectivity index (χ0n) is 10.9. The molecule has 1 atom stereocenters. The summed E-state index contributed by atoms with van der Waals surface area (Å²) in [5.41, 5.74) is 6.81. The Morgan fingerprint density at radius 3 is 2.78 bits per heavy atom. The van der Waals surface area contributed by atoms with Crippen molar-refractivity contribution in [3.8, 4) is 0 Å². The van der Waals surface area contributed by atoms with Gasteiger partial charge in [0.1, 0.15) is 5.82 Å². The topological polar surface area (TPSA) is 29.3 Å². The molecule has 0 spiro atoms. The highest BCUT2D eigenvalue weighted by atomic mass is 19.1. The van der Waals surface area contributed by atoms with Crippen LogP contribution in [0.3, 0.4) is 0 Å². The second kappa shape index (κ2) is 6.86. The third-order valence-electron chi connectivity index (χ3n) is 3.72. The standard InChI is InChI=1S/C15H23FN2/c16-15-6-4-13(5-7-15)11-14-3-1-9-18(12-14)10-2-8-17/h4-7,14H,1-3,8-12,17H2/t14-/m0/s1. The fourth-order valence-electron chi connectivity index (χ4n) is 2.79. The van der Waals surface area contributed by atoms with Crippen molar-refractivity contribution in [3.05, 3.63) is 35.6 Å². The molecule has 1 aliphatic heterocycles. The van der Waals surface area contributed by atoms with Gasteiger partial charge in [0.2, 0.25) is 0 Å². The molecule has 1 saturated heterocycles. The van der Waals surface area contributed by atoms with E-state index in [0.717, 1.165) is 32.5 Å². The number of nitrogens with two attached hydrogens (primary N) is 1. The van der Waals surface area contributed by atoms with Gasteiger partial charge in [-0.15, -0.1) is 0 Å². The number of piperidine rings is 1. The molecule has 0 radical (unpaired) electrons. The lowest BCUT2D eigenvalue weighted by Gasteiger charge is -2.32. The molecular weight excluding hydrogens is 227 g/mol. The summed E-state index contributed by atoms with van der Waals surface area (Å²) in [6, 6.07) is 6.94. The number of nitrogens with zero attached hydrogens (tertiary/aromatic N) is 1. The highest BCUT2D eigenvalue weighted by molar-refractivity contribution is 5.16. The van der Waals surface area contributed by atoms with E-state index in [1.165, 1.54) is 24.9 Å². The van der Waals surface area contributed by atoms with Crippen molar-refractivity contribution in [2.24, 2.45) is 11.7 Å². The molecule has 100 valence electrons. The molecule has 2 N–H and O–H groups in total. The number of hydrogen-bond donors (Lipinski definition) is 1. The Labute approximate surface area is 109 Å². The van der Waals surface area contributed by atoms with E-state index in [1.807, 2.05) is 12.1 Å². The Kier molecular flexibility index (Phi) is 5.14. The first kappa shape index (κ1) is 13.5. The Hall–Kier alpha value is -0.930. The minimum absolute atomic E-state index is 0.146. The Balaban J connectivity index is 1.83. The molecule has 0 amide bonds. The lowest BCUT2D eigenvalue weighted by molar-refractivity contribution is 0.173. The number of likely N-dealkylation sites (tertiary alicyclic amines) is 1. The van der Waals surface area contributed by atoms with Gasteiger partial charge in [0.25, 0.3) is 0 Å². The predicted octanol–water partition coefficient (Wildman–Crippen LogP) is 2.43. The summed E-state index contributed by atoms with van der Waals surface area (Å²) in [5, 5.41) is 0. The van der Waals surface area contributed by atoms with Crippen molar-refractivity contribution in [2.75, 3.05) is 26.2 Å². The van der Waals surface area contributed by atoms with Crippen molar-refractivity contribution in [3.63, 3.8) is 0 Å². The van der Waals surface area contributed by atoms with Crippen LogP contribution in [-0.4, -0.2) is 31.1 Å². The van der Waals surface area contributed by atoms with Crippen LogP contribution in [0.2, 0.25) is 0 Å². The average molecular weight is 250 g/mol. The molecule has 1 aromatic carbocycles. The van der Waals surface area contributed by atoms with Gasteiger partial charge in [0.15, 0.2) is 0 Å². The van der Waals surface area contributed by atoms with Crippen LogP contribution in [0.4, 0.5) is 4.39 Å². The maximum absolute atomic E-state index is 12.8. The van der Waals surface area contributed by atoms with Gasteiger partial charge in [-0.05, 0) is 68.9 Å². The van der Waals surface area contributed by atoms with Crippen molar-refractivity contribution in [2.45, 2.75) is 25.7 Å². The summed E-state index contributed by atoms with van der Waals surface area (Å²) in [5.74, 6) is 0.564. The van der Waals surface area contributed by atoms with Gasteiger partial charge >= 0.3 is 0 Å². The van der Waals surface area contributed by atoms with E-state index in [4.69, 9.17) is 5.73 Å². The molecule has 1 aromatic rings. The maximum Gasteiger partial charge on any atom is 0.123 e. The van der Waals surface area contributed by atoms with Crippen LogP contribution in [0, 0.1) is 11.7 Å². The van der Waals surface area contributed by atoms with E-state index >= 15 is 0 Å². The third kappa shape index (κ3) is 4.07. The summed E-state index contributed by atoms with van der Waals surface area (Å²) in [4.78, 5) is 2.52. The summed E-state index contributed by atoms with van der Waals surface area (Å²) in [6.45, 7) is 4.27. The number of rotatable bonds is 5. The van der Waals surface area contributed by atoms with E-state index < -0.39 is 0 Å². The maximum atomic E-state index is 12.8. The molecule has 18 heavy (non-hydrogen) atoms. The molecule has 0 aromatic heterocycles. The van der Waals surface area contributed by atoms with Crippen molar-refractivity contribution in [1.82, 2.24) is 4.90 Å². The van der Waals surface area contributed by atoms with Crippen LogP contribution >= 0.6 is 0 Å². The molecule has 1 heterocycles. The molecule has 2 rings (SSSR count). The van der Waals surface area contributed by atoms with E-state index in [9.17, 15) is 4.39 Å². The molecule has 0 unspecified atom stereocenters. The van der Waals surface area contributed by atoms with E-state index in [1.54, 1.807) is 12.1 Å². The van der Waals surface area contributed by atoms with Gasteiger partial charge < -0.3 is 10.6 Å². The smallest absolute Gasteiger partial charge is 0.123 e. The Morgan fingerprint density at radius 1 is 1.28 bits per heavy atom. The molecule has 0 saturated carbocycles. The first-order chi connectivity index (χ1) is 8.78. The third-order valence-corrected chi connectivity index (χ3v) is 3.72. The van der Waals surface area contributed by atoms with E-state index in [0.29, 0.717) is 5.92 Å². The average Bonchev–Trinajstić information content (AvgIpc) is 2.40. The van der Waals surface area contributed by atoms with Gasteiger partial charge in [-0.2, -0.15) is 0 Å². The zero-order valence-corrected chi connectivity index (χ0v) is 10.9. The van der Waals surface area contributed by atoms with Crippen LogP contribution in [0.15, 0.2) is 24.3 Å². The number of hydrogen-bond acceptors (Lipinski definition) is 2. The second-order valence-corrected chi connectivity index (χ2v) is 5.28.